The fraction of sp³-hybridized carbons (Fsp3) is 0.292. The van der Waals surface area contributed by atoms with Crippen LogP contribution in [0.1, 0.15) is 10.5 Å². The summed E-state index contributed by atoms with van der Waals surface area (Å²) < 4.78 is 28.2. The molecule has 0 N–H and O–H groups in total. The number of hydrogen-bond acceptors (Lipinski definition) is 4. The van der Waals surface area contributed by atoms with Gasteiger partial charge in [-0.1, -0.05) is 24.3 Å². The smallest absolute Gasteiger partial charge is 0.270 e. The number of piperazine rings is 1. The maximum Gasteiger partial charge on any atom is 0.270 e. The van der Waals surface area contributed by atoms with Crippen molar-refractivity contribution in [3.05, 3.63) is 72.9 Å². The second kappa shape index (κ2) is 8.80. The lowest BCUT2D eigenvalue weighted by molar-refractivity contribution is 0.0737. The van der Waals surface area contributed by atoms with Crippen LogP contribution in [0.4, 0.5) is 5.69 Å². The molecule has 32 heavy (non-hydrogen) atoms. The molecule has 1 saturated heterocycles. The molecule has 168 valence electrons. The molecule has 4 rings (SSSR count). The number of amides is 1. The van der Waals surface area contributed by atoms with Crippen molar-refractivity contribution in [1.82, 2.24) is 13.8 Å². The molecule has 2 aromatic carbocycles. The van der Waals surface area contributed by atoms with Gasteiger partial charge in [0.15, 0.2) is 0 Å². The predicted octanol–water partition coefficient (Wildman–Crippen LogP) is 3.04. The molecule has 1 aromatic heterocycles. The first-order valence-electron chi connectivity index (χ1n) is 10.6. The van der Waals surface area contributed by atoms with E-state index in [0.29, 0.717) is 25.3 Å². The number of fused-ring (bicyclic) bond motifs is 1. The van der Waals surface area contributed by atoms with Gasteiger partial charge in [-0.25, -0.2) is 12.7 Å². The van der Waals surface area contributed by atoms with Crippen molar-refractivity contribution in [3.63, 3.8) is 0 Å². The van der Waals surface area contributed by atoms with Crippen LogP contribution in [0.2, 0.25) is 0 Å². The third kappa shape index (κ3) is 4.03. The number of sulfonamides is 1. The van der Waals surface area contributed by atoms with Crippen LogP contribution < -0.4 is 4.90 Å². The molecule has 1 aliphatic rings. The number of para-hydroxylation sites is 1. The average Bonchev–Trinajstić information content (AvgIpc) is 3.17. The Morgan fingerprint density at radius 1 is 1.03 bits per heavy atom. The molecule has 2 heterocycles. The summed E-state index contributed by atoms with van der Waals surface area (Å²) in [7, 11) is -0.542. The molecule has 0 unspecified atom stereocenters. The number of benzene rings is 2. The molecular formula is C24H28N4O3S. The zero-order chi connectivity index (χ0) is 22.9. The molecular weight excluding hydrogens is 424 g/mol. The lowest BCUT2D eigenvalue weighted by Gasteiger charge is -2.36. The SMILES string of the molecule is C=CCn1c(C(=O)N2CCN(c3ccccc3)CC2)cc2cc(S(=O)(=O)N(C)C)ccc21. The van der Waals surface area contributed by atoms with Crippen molar-refractivity contribution >= 4 is 32.5 Å². The van der Waals surface area contributed by atoms with E-state index in [2.05, 4.69) is 23.6 Å². The highest BCUT2D eigenvalue weighted by atomic mass is 32.2. The molecule has 1 amide bonds. The Morgan fingerprint density at radius 3 is 2.34 bits per heavy atom. The van der Waals surface area contributed by atoms with Gasteiger partial charge in [-0.05, 0) is 36.4 Å². The summed E-state index contributed by atoms with van der Waals surface area (Å²) in [6.07, 6.45) is 1.74. The highest BCUT2D eigenvalue weighted by molar-refractivity contribution is 7.89. The summed E-state index contributed by atoms with van der Waals surface area (Å²) in [5, 5.41) is 0.723. The summed E-state index contributed by atoms with van der Waals surface area (Å²) in [5.74, 6) is -0.0484. The van der Waals surface area contributed by atoms with Crippen molar-refractivity contribution in [2.75, 3.05) is 45.2 Å². The number of hydrogen-bond donors (Lipinski definition) is 0. The van der Waals surface area contributed by atoms with E-state index in [-0.39, 0.29) is 10.8 Å². The van der Waals surface area contributed by atoms with Gasteiger partial charge < -0.3 is 14.4 Å². The zero-order valence-electron chi connectivity index (χ0n) is 18.4. The van der Waals surface area contributed by atoms with Crippen LogP contribution in [-0.4, -0.2) is 68.4 Å². The normalized spacial score (nSPS) is 14.8. The number of carbonyl (C=O) groups excluding carboxylic acids is 1. The summed E-state index contributed by atoms with van der Waals surface area (Å²) in [6.45, 7) is 7.08. The monoisotopic (exact) mass is 452 g/mol. The molecule has 0 bridgehead atoms. The first kappa shape index (κ1) is 22.1. The maximum atomic E-state index is 13.4. The topological polar surface area (TPSA) is 65.9 Å². The van der Waals surface area contributed by atoms with Gasteiger partial charge in [0.2, 0.25) is 10.0 Å². The minimum absolute atomic E-state index is 0.0484. The van der Waals surface area contributed by atoms with E-state index in [4.69, 9.17) is 0 Å². The number of anilines is 1. The molecule has 7 nitrogen and oxygen atoms in total. The molecule has 1 aliphatic heterocycles. The van der Waals surface area contributed by atoms with E-state index < -0.39 is 10.0 Å². The third-order valence-electron chi connectivity index (χ3n) is 5.87. The van der Waals surface area contributed by atoms with Crippen molar-refractivity contribution in [1.29, 1.82) is 0 Å². The van der Waals surface area contributed by atoms with Crippen molar-refractivity contribution in [3.8, 4) is 0 Å². The molecule has 0 radical (unpaired) electrons. The predicted molar refractivity (Wildman–Crippen MR) is 128 cm³/mol. The molecule has 0 aliphatic carbocycles. The Morgan fingerprint density at radius 2 is 1.72 bits per heavy atom. The molecule has 3 aromatic rings. The van der Waals surface area contributed by atoms with E-state index in [1.807, 2.05) is 27.7 Å². The van der Waals surface area contributed by atoms with Gasteiger partial charge >= 0.3 is 0 Å². The van der Waals surface area contributed by atoms with Crippen molar-refractivity contribution in [2.45, 2.75) is 11.4 Å². The maximum absolute atomic E-state index is 13.4. The van der Waals surface area contributed by atoms with Crippen LogP contribution in [-0.2, 0) is 16.6 Å². The quantitative estimate of drug-likeness (QED) is 0.539. The Kier molecular flexibility index (Phi) is 6.08. The Hall–Kier alpha value is -3.10. The lowest BCUT2D eigenvalue weighted by Crippen LogP contribution is -2.49. The summed E-state index contributed by atoms with van der Waals surface area (Å²) >= 11 is 0. The van der Waals surface area contributed by atoms with E-state index in [1.54, 1.807) is 30.3 Å². The van der Waals surface area contributed by atoms with Crippen LogP contribution >= 0.6 is 0 Å². The second-order valence-corrected chi connectivity index (χ2v) is 10.2. The van der Waals surface area contributed by atoms with Crippen molar-refractivity contribution in [2.24, 2.45) is 0 Å². The highest BCUT2D eigenvalue weighted by Gasteiger charge is 2.26. The van der Waals surface area contributed by atoms with E-state index >= 15 is 0 Å². The fourth-order valence-electron chi connectivity index (χ4n) is 4.09. The lowest BCUT2D eigenvalue weighted by atomic mass is 10.2. The molecule has 0 spiro atoms. The first-order chi connectivity index (χ1) is 15.3. The first-order valence-corrected chi connectivity index (χ1v) is 12.0. The molecule has 0 saturated carbocycles. The number of rotatable bonds is 6. The third-order valence-corrected chi connectivity index (χ3v) is 7.68. The summed E-state index contributed by atoms with van der Waals surface area (Å²) in [5.41, 5.74) is 2.52. The highest BCUT2D eigenvalue weighted by Crippen LogP contribution is 2.26. The average molecular weight is 453 g/mol. The minimum Gasteiger partial charge on any atom is -0.368 e. The van der Waals surface area contributed by atoms with E-state index in [1.165, 1.54) is 18.4 Å². The summed E-state index contributed by atoms with van der Waals surface area (Å²) in [4.78, 5) is 17.8. The second-order valence-electron chi connectivity index (χ2n) is 8.05. The van der Waals surface area contributed by atoms with E-state index in [0.717, 1.165) is 29.7 Å². The van der Waals surface area contributed by atoms with Gasteiger partial charge in [0.1, 0.15) is 5.69 Å². The summed E-state index contributed by atoms with van der Waals surface area (Å²) in [6, 6.07) is 17.0. The van der Waals surface area contributed by atoms with Crippen LogP contribution in [0.15, 0.2) is 72.1 Å². The Balaban J connectivity index is 1.62. The van der Waals surface area contributed by atoms with Gasteiger partial charge in [0, 0.05) is 63.4 Å². The standard InChI is InChI=1S/C24H28N4O3S/c1-4-12-28-22-11-10-21(32(30,31)25(2)3)17-19(22)18-23(28)24(29)27-15-13-26(14-16-27)20-8-6-5-7-9-20/h4-11,17-18H,1,12-16H2,2-3H3. The van der Waals surface area contributed by atoms with Crippen LogP contribution in [0.5, 0.6) is 0 Å². The molecule has 8 heteroatoms. The fourth-order valence-corrected chi connectivity index (χ4v) is 5.03. The van der Waals surface area contributed by atoms with Gasteiger partial charge in [0.05, 0.1) is 4.90 Å². The van der Waals surface area contributed by atoms with Gasteiger partial charge in [-0.3, -0.25) is 4.79 Å². The van der Waals surface area contributed by atoms with E-state index in [9.17, 15) is 13.2 Å². The Labute approximate surface area is 189 Å². The van der Waals surface area contributed by atoms with Crippen LogP contribution in [0.25, 0.3) is 10.9 Å². The number of allylic oxidation sites excluding steroid dienone is 1. The van der Waals surface area contributed by atoms with Crippen LogP contribution in [0.3, 0.4) is 0 Å². The van der Waals surface area contributed by atoms with Crippen molar-refractivity contribution < 1.29 is 13.2 Å². The zero-order valence-corrected chi connectivity index (χ0v) is 19.3. The van der Waals surface area contributed by atoms with Crippen LogP contribution in [0, 0.1) is 0 Å². The number of nitrogens with zero attached hydrogens (tertiary/aromatic N) is 4. The number of carbonyl (C=O) groups is 1. The minimum atomic E-state index is -3.55. The molecule has 0 atom stereocenters. The van der Waals surface area contributed by atoms with Gasteiger partial charge in [-0.15, -0.1) is 6.58 Å². The largest absolute Gasteiger partial charge is 0.368 e. The van der Waals surface area contributed by atoms with Gasteiger partial charge in [0.25, 0.3) is 5.91 Å². The molecule has 1 fully saturated rings. The van der Waals surface area contributed by atoms with Gasteiger partial charge in [-0.2, -0.15) is 0 Å². The number of aromatic nitrogens is 1. The Bertz CT molecular complexity index is 1240.